The fraction of sp³-hybridized carbons (Fsp3) is 0.300. The van der Waals surface area contributed by atoms with Crippen molar-refractivity contribution in [1.29, 1.82) is 0 Å². The Morgan fingerprint density at radius 3 is 2.64 bits per heavy atom. The summed E-state index contributed by atoms with van der Waals surface area (Å²) in [6.07, 6.45) is 0.474. The third-order valence-corrected chi connectivity index (χ3v) is 6.49. The number of hydrogen-bond acceptors (Lipinski definition) is 3. The molecule has 1 fully saturated rings. The van der Waals surface area contributed by atoms with Gasteiger partial charge in [0.25, 0.3) is 6.43 Å². The molecule has 2 aromatic carbocycles. The van der Waals surface area contributed by atoms with E-state index in [-0.39, 0.29) is 11.6 Å². The standard InChI is InChI=1S/C20H20ClF2N3OS/c21-13-3-1-4-15(11-13)28(27)26-12-16(20(22)23)19-17(5-2-6-18(19)26)25-14-7-9-24-10-8-14/h1-6,11-12,14,20,24-25H,7-10H2. The zero-order chi connectivity index (χ0) is 19.7. The summed E-state index contributed by atoms with van der Waals surface area (Å²) >= 11 is 6.01. The lowest BCUT2D eigenvalue weighted by atomic mass is 10.0. The minimum atomic E-state index is -2.67. The van der Waals surface area contributed by atoms with E-state index in [0.29, 0.717) is 26.5 Å². The van der Waals surface area contributed by atoms with Crippen LogP contribution in [-0.2, 0) is 11.0 Å². The van der Waals surface area contributed by atoms with E-state index < -0.39 is 17.4 Å². The first-order valence-electron chi connectivity index (χ1n) is 9.12. The second-order valence-corrected chi connectivity index (χ2v) is 8.59. The number of anilines is 1. The predicted octanol–water partition coefficient (Wildman–Crippen LogP) is 4.97. The van der Waals surface area contributed by atoms with Gasteiger partial charge in [0.15, 0.2) is 11.0 Å². The largest absolute Gasteiger partial charge is 0.382 e. The Balaban J connectivity index is 1.80. The Morgan fingerprint density at radius 2 is 1.93 bits per heavy atom. The van der Waals surface area contributed by atoms with Crippen LogP contribution < -0.4 is 10.6 Å². The second kappa shape index (κ2) is 8.19. The third-order valence-electron chi connectivity index (χ3n) is 4.94. The van der Waals surface area contributed by atoms with E-state index in [1.54, 1.807) is 36.4 Å². The molecule has 4 nitrogen and oxygen atoms in total. The van der Waals surface area contributed by atoms with Gasteiger partial charge in [-0.3, -0.25) is 3.97 Å². The molecule has 28 heavy (non-hydrogen) atoms. The Morgan fingerprint density at radius 1 is 1.18 bits per heavy atom. The summed E-state index contributed by atoms with van der Waals surface area (Å²) in [5.41, 5.74) is 1.04. The zero-order valence-electron chi connectivity index (χ0n) is 15.0. The van der Waals surface area contributed by atoms with Gasteiger partial charge >= 0.3 is 0 Å². The Labute approximate surface area is 169 Å². The molecule has 8 heteroatoms. The molecular formula is C20H20ClF2N3OS. The van der Waals surface area contributed by atoms with Gasteiger partial charge in [0.1, 0.15) is 0 Å². The summed E-state index contributed by atoms with van der Waals surface area (Å²) in [5, 5.41) is 7.58. The number of benzene rings is 2. The highest BCUT2D eigenvalue weighted by atomic mass is 35.5. The predicted molar refractivity (Wildman–Crippen MR) is 110 cm³/mol. The molecule has 0 radical (unpaired) electrons. The van der Waals surface area contributed by atoms with Gasteiger partial charge < -0.3 is 10.6 Å². The van der Waals surface area contributed by atoms with Gasteiger partial charge in [-0.1, -0.05) is 23.7 Å². The summed E-state index contributed by atoms with van der Waals surface area (Å²) in [7, 11) is -1.68. The van der Waals surface area contributed by atoms with Gasteiger partial charge in [0.2, 0.25) is 0 Å². The van der Waals surface area contributed by atoms with E-state index in [4.69, 9.17) is 11.6 Å². The van der Waals surface area contributed by atoms with Crippen LogP contribution in [0.5, 0.6) is 0 Å². The molecule has 3 aromatic rings. The van der Waals surface area contributed by atoms with E-state index in [9.17, 15) is 13.0 Å². The van der Waals surface area contributed by atoms with Crippen molar-refractivity contribution in [2.75, 3.05) is 18.4 Å². The number of nitrogens with one attached hydrogen (secondary N) is 2. The van der Waals surface area contributed by atoms with Gasteiger partial charge in [-0.2, -0.15) is 0 Å². The smallest absolute Gasteiger partial charge is 0.266 e. The molecule has 4 rings (SSSR count). The fourth-order valence-electron chi connectivity index (χ4n) is 3.59. The highest BCUT2D eigenvalue weighted by molar-refractivity contribution is 7.83. The molecule has 0 saturated carbocycles. The van der Waals surface area contributed by atoms with E-state index in [1.165, 1.54) is 10.2 Å². The summed E-state index contributed by atoms with van der Waals surface area (Å²) in [6, 6.07) is 12.2. The normalized spacial score (nSPS) is 16.6. The summed E-state index contributed by atoms with van der Waals surface area (Å²) in [5.74, 6) is 0. The van der Waals surface area contributed by atoms with Crippen LogP contribution in [-0.4, -0.2) is 27.3 Å². The number of nitrogens with zero attached hydrogens (tertiary/aromatic N) is 1. The third kappa shape index (κ3) is 3.79. The first-order chi connectivity index (χ1) is 13.5. The quantitative estimate of drug-likeness (QED) is 0.609. The van der Waals surface area contributed by atoms with Crippen LogP contribution in [0.4, 0.5) is 14.5 Å². The lowest BCUT2D eigenvalue weighted by molar-refractivity contribution is 0.153. The summed E-state index contributed by atoms with van der Waals surface area (Å²) < 4.78 is 42.1. The first-order valence-corrected chi connectivity index (χ1v) is 10.6. The maximum absolute atomic E-state index is 13.8. The molecule has 0 bridgehead atoms. The van der Waals surface area contributed by atoms with Crippen LogP contribution in [0.3, 0.4) is 0 Å². The molecule has 1 atom stereocenters. The maximum atomic E-state index is 13.8. The highest BCUT2D eigenvalue weighted by Gasteiger charge is 2.23. The van der Waals surface area contributed by atoms with Crippen molar-refractivity contribution >= 4 is 39.2 Å². The molecule has 0 aliphatic carbocycles. The van der Waals surface area contributed by atoms with Crippen LogP contribution in [0.2, 0.25) is 5.02 Å². The number of halogens is 3. The van der Waals surface area contributed by atoms with Gasteiger partial charge in [-0.15, -0.1) is 0 Å². The molecule has 1 aliphatic heterocycles. The van der Waals surface area contributed by atoms with Gasteiger partial charge in [0.05, 0.1) is 10.4 Å². The number of piperidine rings is 1. The van der Waals surface area contributed by atoms with E-state index in [0.717, 1.165) is 25.9 Å². The molecule has 148 valence electrons. The Kier molecular flexibility index (Phi) is 5.66. The molecule has 2 N–H and O–H groups in total. The minimum absolute atomic E-state index is 0.123. The van der Waals surface area contributed by atoms with Gasteiger partial charge in [-0.25, -0.2) is 13.0 Å². The lowest BCUT2D eigenvalue weighted by Crippen LogP contribution is -2.35. The average molecular weight is 424 g/mol. The zero-order valence-corrected chi connectivity index (χ0v) is 16.6. The van der Waals surface area contributed by atoms with Gasteiger partial charge in [-0.05, 0) is 56.3 Å². The van der Waals surface area contributed by atoms with Crippen LogP contribution in [0.15, 0.2) is 53.6 Å². The van der Waals surface area contributed by atoms with Crippen LogP contribution in [0, 0.1) is 0 Å². The van der Waals surface area contributed by atoms with Crippen molar-refractivity contribution in [3.63, 3.8) is 0 Å². The average Bonchev–Trinajstić information content (AvgIpc) is 3.09. The van der Waals surface area contributed by atoms with E-state index in [2.05, 4.69) is 10.6 Å². The molecular weight excluding hydrogens is 404 g/mol. The number of aromatic nitrogens is 1. The molecule has 0 amide bonds. The highest BCUT2D eigenvalue weighted by Crippen LogP contribution is 2.36. The minimum Gasteiger partial charge on any atom is -0.382 e. The topological polar surface area (TPSA) is 46.1 Å². The van der Waals surface area contributed by atoms with E-state index >= 15 is 0 Å². The summed E-state index contributed by atoms with van der Waals surface area (Å²) in [6.45, 7) is 1.80. The monoisotopic (exact) mass is 423 g/mol. The van der Waals surface area contributed by atoms with Crippen LogP contribution in [0.1, 0.15) is 24.8 Å². The van der Waals surface area contributed by atoms with Crippen molar-refractivity contribution in [3.05, 3.63) is 59.2 Å². The van der Waals surface area contributed by atoms with Crippen LogP contribution >= 0.6 is 11.6 Å². The SMILES string of the molecule is O=S(c1cccc(Cl)c1)n1cc(C(F)F)c2c(NC3CCNCC3)cccc21. The lowest BCUT2D eigenvalue weighted by Gasteiger charge is -2.25. The Bertz CT molecular complexity index is 1020. The van der Waals surface area contributed by atoms with Crippen LogP contribution in [0.25, 0.3) is 10.9 Å². The number of fused-ring (bicyclic) bond motifs is 1. The van der Waals surface area contributed by atoms with Crippen molar-refractivity contribution in [2.45, 2.75) is 30.2 Å². The fourth-order valence-corrected chi connectivity index (χ4v) is 5.03. The van der Waals surface area contributed by atoms with Crippen molar-refractivity contribution in [2.24, 2.45) is 0 Å². The summed E-state index contributed by atoms with van der Waals surface area (Å²) in [4.78, 5) is 0.460. The Hall–Kier alpha value is -1.96. The number of alkyl halides is 2. The van der Waals surface area contributed by atoms with Gasteiger partial charge in [0, 0.05) is 33.9 Å². The number of hydrogen-bond donors (Lipinski definition) is 2. The van der Waals surface area contributed by atoms with E-state index in [1.807, 2.05) is 6.07 Å². The first kappa shape index (κ1) is 19.4. The molecule has 0 spiro atoms. The molecule has 1 unspecified atom stereocenters. The second-order valence-electron chi connectivity index (χ2n) is 6.79. The molecule has 1 aliphatic rings. The van der Waals surface area contributed by atoms with Crippen molar-refractivity contribution < 1.29 is 13.0 Å². The maximum Gasteiger partial charge on any atom is 0.266 e. The van der Waals surface area contributed by atoms with Crippen molar-refractivity contribution in [1.82, 2.24) is 9.29 Å². The molecule has 2 heterocycles. The van der Waals surface area contributed by atoms with Crippen molar-refractivity contribution in [3.8, 4) is 0 Å². The molecule has 1 saturated heterocycles. The molecule has 1 aromatic heterocycles. The number of rotatable bonds is 5.